The fraction of sp³-hybridized carbons (Fsp3) is 0.480. The number of aliphatic carboxylic acids is 4. The smallest absolute Gasteiger partial charge is 0.326 e. The molecule has 276 valence electrons. The lowest BCUT2D eigenvalue weighted by molar-refractivity contribution is -0.141. The number of aromatic nitrogens is 4. The number of H-pyrrole nitrogens is 2. The Bertz CT molecular complexity index is 1280. The van der Waals surface area contributed by atoms with Gasteiger partial charge in [0.15, 0.2) is 0 Å². The van der Waals surface area contributed by atoms with Crippen LogP contribution in [0.2, 0.25) is 0 Å². The zero-order chi connectivity index (χ0) is 37.9. The van der Waals surface area contributed by atoms with Crippen LogP contribution in [0.1, 0.15) is 17.8 Å². The maximum absolute atomic E-state index is 10.9. The monoisotopic (exact) mass is 704 g/mol. The largest absolute Gasteiger partial charge is 0.480 e. The van der Waals surface area contributed by atoms with Gasteiger partial charge in [0.1, 0.15) is 24.7 Å². The molecule has 20 N–H and O–H groups in total. The van der Waals surface area contributed by atoms with Crippen LogP contribution in [0, 0.1) is 0 Å². The molecule has 3 rings (SSSR count). The molecular weight excluding hydrogens is 660 g/mol. The number of rotatable bonds is 13. The molecule has 3 heterocycles. The summed E-state index contributed by atoms with van der Waals surface area (Å²) in [7, 11) is 0. The van der Waals surface area contributed by atoms with E-state index in [4.69, 9.17) is 48.5 Å². The number of nitrogens with two attached hydrogens (primary N) is 5. The number of β-amino-alcohol motifs (C(OH)–C–C–N with tert-alkyl or cyclic N) is 1. The number of hydrogen-bond acceptors (Lipinski definition) is 15. The van der Waals surface area contributed by atoms with Gasteiger partial charge in [-0.05, 0) is 0 Å². The van der Waals surface area contributed by atoms with Crippen molar-refractivity contribution in [3.8, 4) is 0 Å². The van der Waals surface area contributed by atoms with Crippen molar-refractivity contribution in [1.29, 1.82) is 0 Å². The SMILES string of the molecule is NC(Cc1cnc[nH]1)C(=O)O.NCC(=O)NC(Cc1cnc[nH]1)C(=O)O.NCC(=O)NCC(=O)O.NCC(N)=O.O=C(O)C1CC(O)CN1. The molecule has 24 nitrogen and oxygen atoms in total. The molecule has 1 fully saturated rings. The molecule has 0 aliphatic carbocycles. The van der Waals surface area contributed by atoms with Crippen LogP contribution in [0.4, 0.5) is 0 Å². The number of hydrogen-bond donors (Lipinski definition) is 15. The Balaban J connectivity index is 0. The van der Waals surface area contributed by atoms with Crippen molar-refractivity contribution in [3.05, 3.63) is 36.4 Å². The third-order valence-corrected chi connectivity index (χ3v) is 5.34. The molecule has 0 radical (unpaired) electrons. The van der Waals surface area contributed by atoms with Crippen molar-refractivity contribution >= 4 is 41.6 Å². The lowest BCUT2D eigenvalue weighted by Crippen LogP contribution is -2.44. The topological polar surface area (TPSA) is 444 Å². The third kappa shape index (κ3) is 25.3. The van der Waals surface area contributed by atoms with E-state index in [0.717, 1.165) is 5.69 Å². The summed E-state index contributed by atoms with van der Waals surface area (Å²) in [5.74, 6) is -5.49. The molecule has 24 heteroatoms. The first-order chi connectivity index (χ1) is 23.0. The fourth-order valence-electron chi connectivity index (χ4n) is 2.94. The van der Waals surface area contributed by atoms with Gasteiger partial charge in [-0.3, -0.25) is 28.8 Å². The summed E-state index contributed by atoms with van der Waals surface area (Å²) in [6, 6.07) is -2.38. The zero-order valence-corrected chi connectivity index (χ0v) is 26.2. The third-order valence-electron chi connectivity index (χ3n) is 5.34. The molecule has 3 amide bonds. The minimum atomic E-state index is -1.11. The minimum Gasteiger partial charge on any atom is -0.480 e. The second-order valence-electron chi connectivity index (χ2n) is 9.40. The standard InChI is InChI=1S/C8H12N4O3.C6H9N3O2.C5H9NO3.C4H8N2O3.C2H6N2O/c9-2-7(13)12-6(8(14)15)1-5-3-10-4-11-5;7-5(6(10)11)1-4-2-8-3-9-4;7-3-1-4(5(8)9)6-2-3;5-1-3(7)6-2-4(8)9;3-1-2(4)5/h3-4,6H,1-2,9H2,(H,10,11)(H,12,13)(H,14,15);2-3,5H,1,7H2,(H,8,9)(H,10,11);3-4,6-7H,1-2H2,(H,8,9);1-2,5H2,(H,6,7)(H,8,9);1,3H2,(H2,4,5). The number of aromatic amines is 2. The van der Waals surface area contributed by atoms with Crippen molar-refractivity contribution in [3.63, 3.8) is 0 Å². The molecule has 0 saturated carbocycles. The van der Waals surface area contributed by atoms with Crippen molar-refractivity contribution in [2.24, 2.45) is 28.7 Å². The normalized spacial score (nSPS) is 15.3. The maximum Gasteiger partial charge on any atom is 0.326 e. The first-order valence-corrected chi connectivity index (χ1v) is 13.9. The van der Waals surface area contributed by atoms with Crippen LogP contribution in [0.3, 0.4) is 0 Å². The van der Waals surface area contributed by atoms with E-state index >= 15 is 0 Å². The molecular formula is C25H44N12O12. The predicted octanol–water partition coefficient (Wildman–Crippen LogP) is -6.79. The van der Waals surface area contributed by atoms with Crippen molar-refractivity contribution < 1.29 is 59.1 Å². The maximum atomic E-state index is 10.9. The van der Waals surface area contributed by atoms with Gasteiger partial charge in [0.25, 0.3) is 0 Å². The van der Waals surface area contributed by atoms with E-state index in [1.807, 2.05) is 0 Å². The zero-order valence-electron chi connectivity index (χ0n) is 26.2. The fourth-order valence-corrected chi connectivity index (χ4v) is 2.94. The molecule has 1 aliphatic rings. The summed E-state index contributed by atoms with van der Waals surface area (Å²) in [4.78, 5) is 84.6. The average molecular weight is 705 g/mol. The summed E-state index contributed by atoms with van der Waals surface area (Å²) in [5.41, 5.74) is 25.8. The molecule has 4 atom stereocenters. The van der Waals surface area contributed by atoms with Crippen LogP contribution in [0.25, 0.3) is 0 Å². The predicted molar refractivity (Wildman–Crippen MR) is 167 cm³/mol. The van der Waals surface area contributed by atoms with Gasteiger partial charge in [-0.25, -0.2) is 14.8 Å². The Morgan fingerprint density at radius 3 is 1.65 bits per heavy atom. The number of imidazole rings is 2. The summed E-state index contributed by atoms with van der Waals surface area (Å²) in [6.45, 7) is -0.424. The quantitative estimate of drug-likeness (QED) is 0.0920. The number of nitrogens with zero attached hydrogens (tertiary/aromatic N) is 2. The summed E-state index contributed by atoms with van der Waals surface area (Å²) in [5, 5.41) is 49.4. The van der Waals surface area contributed by atoms with E-state index in [1.165, 1.54) is 18.9 Å². The van der Waals surface area contributed by atoms with Crippen LogP contribution >= 0.6 is 0 Å². The van der Waals surface area contributed by atoms with E-state index in [1.54, 1.807) is 6.20 Å². The van der Waals surface area contributed by atoms with Crippen LogP contribution in [-0.2, 0) is 46.4 Å². The van der Waals surface area contributed by atoms with E-state index < -0.39 is 65.8 Å². The Labute approximate surface area is 278 Å². The minimum absolute atomic E-state index is 0.0556. The lowest BCUT2D eigenvalue weighted by atomic mass is 10.1. The van der Waals surface area contributed by atoms with Crippen LogP contribution in [0.5, 0.6) is 0 Å². The van der Waals surface area contributed by atoms with Crippen molar-refractivity contribution in [2.45, 2.75) is 43.5 Å². The van der Waals surface area contributed by atoms with Crippen LogP contribution < -0.4 is 44.6 Å². The highest BCUT2D eigenvalue weighted by Gasteiger charge is 2.27. The number of aliphatic hydroxyl groups excluding tert-OH is 1. The highest BCUT2D eigenvalue weighted by atomic mass is 16.4. The molecule has 0 aromatic carbocycles. The second kappa shape index (κ2) is 26.5. The van der Waals surface area contributed by atoms with Gasteiger partial charge in [-0.2, -0.15) is 0 Å². The number of carbonyl (C=O) groups is 7. The van der Waals surface area contributed by atoms with Crippen LogP contribution in [0.15, 0.2) is 25.0 Å². The number of carbonyl (C=O) groups excluding carboxylic acids is 3. The second-order valence-corrected chi connectivity index (χ2v) is 9.40. The first kappa shape index (κ1) is 45.6. The van der Waals surface area contributed by atoms with E-state index in [-0.39, 0.29) is 39.0 Å². The molecule has 0 bridgehead atoms. The van der Waals surface area contributed by atoms with Gasteiger partial charge in [0, 0.05) is 49.6 Å². The van der Waals surface area contributed by atoms with Gasteiger partial charge < -0.3 is 80.1 Å². The van der Waals surface area contributed by atoms with Gasteiger partial charge >= 0.3 is 23.9 Å². The molecule has 49 heavy (non-hydrogen) atoms. The summed E-state index contributed by atoms with van der Waals surface area (Å²) >= 11 is 0. The van der Waals surface area contributed by atoms with Crippen molar-refractivity contribution in [2.75, 3.05) is 32.7 Å². The first-order valence-electron chi connectivity index (χ1n) is 13.9. The summed E-state index contributed by atoms with van der Waals surface area (Å²) < 4.78 is 0. The van der Waals surface area contributed by atoms with Gasteiger partial charge in [-0.15, -0.1) is 0 Å². The van der Waals surface area contributed by atoms with Crippen LogP contribution in [-0.4, -0.2) is 144 Å². The van der Waals surface area contributed by atoms with E-state index in [2.05, 4.69) is 41.6 Å². The molecule has 4 unspecified atom stereocenters. The van der Waals surface area contributed by atoms with Crippen molar-refractivity contribution in [1.82, 2.24) is 35.9 Å². The van der Waals surface area contributed by atoms with Gasteiger partial charge in [0.2, 0.25) is 17.7 Å². The number of carboxylic acid groups (broad SMARTS) is 4. The Morgan fingerprint density at radius 1 is 0.837 bits per heavy atom. The number of primary amides is 1. The van der Waals surface area contributed by atoms with Gasteiger partial charge in [-0.1, -0.05) is 0 Å². The summed E-state index contributed by atoms with van der Waals surface area (Å²) in [6.07, 6.45) is 6.29. The highest BCUT2D eigenvalue weighted by molar-refractivity contribution is 5.84. The lowest BCUT2D eigenvalue weighted by Gasteiger charge is -2.12. The Hall–Kier alpha value is -5.53. The highest BCUT2D eigenvalue weighted by Crippen LogP contribution is 2.05. The van der Waals surface area contributed by atoms with Gasteiger partial charge in [0.05, 0.1) is 38.4 Å². The molecule has 1 aliphatic heterocycles. The molecule has 2 aromatic rings. The van der Waals surface area contributed by atoms with E-state index in [9.17, 15) is 33.6 Å². The number of nitrogens with one attached hydrogen (secondary N) is 5. The number of amides is 3. The molecule has 1 saturated heterocycles. The average Bonchev–Trinajstić information content (AvgIpc) is 3.85. The molecule has 2 aromatic heterocycles. The Kier molecular flexibility index (Phi) is 24.7. The number of carboxylic acids is 4. The van der Waals surface area contributed by atoms with E-state index in [0.29, 0.717) is 18.7 Å². The Morgan fingerprint density at radius 2 is 1.35 bits per heavy atom. The molecule has 0 spiro atoms. The number of aliphatic hydroxyl groups is 1.